The Bertz CT molecular complexity index is 489. The largest absolute Gasteiger partial charge is 0.302 e. The molecule has 0 aliphatic carbocycles. The van der Waals surface area contributed by atoms with Crippen molar-refractivity contribution < 1.29 is 9.59 Å². The van der Waals surface area contributed by atoms with Crippen molar-refractivity contribution in [3.8, 4) is 11.8 Å². The first-order valence-corrected chi connectivity index (χ1v) is 6.55. The Balaban J connectivity index is 3.30. The number of allylic oxidation sites excluding steroid dienone is 1. The van der Waals surface area contributed by atoms with Crippen molar-refractivity contribution in [2.45, 2.75) is 26.7 Å². The molecule has 2 atom stereocenters. The van der Waals surface area contributed by atoms with Crippen LogP contribution in [0.4, 0.5) is 0 Å². The molecule has 0 spiro atoms. The molecule has 19 heavy (non-hydrogen) atoms. The zero-order valence-electron chi connectivity index (χ0n) is 11.4. The fourth-order valence-electron chi connectivity index (χ4n) is 2.13. The molecule has 0 aromatic heterocycles. The van der Waals surface area contributed by atoms with Gasteiger partial charge < -0.3 is 5.32 Å². The predicted octanol–water partition coefficient (Wildman–Crippen LogP) is 1.47. The molecule has 2 amide bonds. The summed E-state index contributed by atoms with van der Waals surface area (Å²) < 4.78 is 0. The molecule has 0 bridgehead atoms. The van der Waals surface area contributed by atoms with E-state index in [0.717, 1.165) is 0 Å². The van der Waals surface area contributed by atoms with Crippen LogP contribution in [0.3, 0.4) is 0 Å². The summed E-state index contributed by atoms with van der Waals surface area (Å²) in [5, 5.41) is 2.70. The van der Waals surface area contributed by atoms with E-state index in [9.17, 15) is 9.59 Å². The second-order valence-corrected chi connectivity index (χ2v) is 4.87. The van der Waals surface area contributed by atoms with Crippen molar-refractivity contribution in [3.63, 3.8) is 0 Å². The van der Waals surface area contributed by atoms with Gasteiger partial charge in [0.15, 0.2) is 5.11 Å². The Hall–Kier alpha value is -1.67. The van der Waals surface area contributed by atoms with Crippen LogP contribution in [0.25, 0.3) is 0 Å². The van der Waals surface area contributed by atoms with Crippen molar-refractivity contribution in [3.05, 3.63) is 12.7 Å². The fraction of sp³-hybridized carbons (Fsp3) is 0.500. The van der Waals surface area contributed by atoms with E-state index in [1.54, 1.807) is 20.0 Å². The molecule has 0 saturated carbocycles. The third kappa shape index (κ3) is 2.54. The third-order valence-corrected chi connectivity index (χ3v) is 3.69. The highest BCUT2D eigenvalue weighted by molar-refractivity contribution is 7.80. The summed E-state index contributed by atoms with van der Waals surface area (Å²) >= 11 is 4.95. The molecule has 1 aliphatic heterocycles. The smallest absolute Gasteiger partial charge is 0.245 e. The molecule has 5 heteroatoms. The van der Waals surface area contributed by atoms with Gasteiger partial charge in [0.1, 0.15) is 5.41 Å². The summed E-state index contributed by atoms with van der Waals surface area (Å²) in [7, 11) is 1.56. The molecule has 2 unspecified atom stereocenters. The van der Waals surface area contributed by atoms with Crippen molar-refractivity contribution in [1.82, 2.24) is 10.2 Å². The minimum atomic E-state index is -1.24. The molecule has 4 nitrogen and oxygen atoms in total. The topological polar surface area (TPSA) is 49.4 Å². The van der Waals surface area contributed by atoms with E-state index in [1.807, 2.05) is 6.92 Å². The van der Waals surface area contributed by atoms with Gasteiger partial charge in [-0.1, -0.05) is 18.9 Å². The Morgan fingerprint density at radius 3 is 2.74 bits per heavy atom. The molecule has 102 valence electrons. The van der Waals surface area contributed by atoms with Gasteiger partial charge in [0.2, 0.25) is 11.8 Å². The standard InChI is InChI=1S/C14H18N2O2S/c1-5-7-8-10(3)14(9-6-2)11(17)15-13(19)16(4)12(14)18/h6,10H,2,5,9H2,1,3-4H3,(H,15,17,19). The summed E-state index contributed by atoms with van der Waals surface area (Å²) in [5.74, 6) is 4.79. The molecule has 1 aliphatic rings. The Kier molecular flexibility index (Phi) is 4.84. The molecule has 1 N–H and O–H groups in total. The summed E-state index contributed by atoms with van der Waals surface area (Å²) in [6, 6.07) is 0. The van der Waals surface area contributed by atoms with Crippen molar-refractivity contribution in [2.24, 2.45) is 11.3 Å². The van der Waals surface area contributed by atoms with Gasteiger partial charge in [-0.05, 0) is 25.6 Å². The van der Waals surface area contributed by atoms with E-state index in [-0.39, 0.29) is 17.4 Å². The van der Waals surface area contributed by atoms with Gasteiger partial charge >= 0.3 is 0 Å². The summed E-state index contributed by atoms with van der Waals surface area (Å²) in [5.41, 5.74) is -1.24. The van der Waals surface area contributed by atoms with Gasteiger partial charge in [0, 0.05) is 19.4 Å². The number of thiocarbonyl (C=S) groups is 1. The molecule has 0 radical (unpaired) electrons. The average Bonchev–Trinajstić information content (AvgIpc) is 2.38. The molecule has 1 saturated heterocycles. The van der Waals surface area contributed by atoms with Gasteiger partial charge in [-0.2, -0.15) is 0 Å². The van der Waals surface area contributed by atoms with Gasteiger partial charge in [-0.3, -0.25) is 14.5 Å². The molecule has 1 rings (SSSR count). The number of rotatable bonds is 3. The highest BCUT2D eigenvalue weighted by atomic mass is 32.1. The number of hydrogen-bond acceptors (Lipinski definition) is 3. The monoisotopic (exact) mass is 278 g/mol. The summed E-state index contributed by atoms with van der Waals surface area (Å²) in [4.78, 5) is 26.1. The van der Waals surface area contributed by atoms with Crippen LogP contribution in [0.1, 0.15) is 26.7 Å². The van der Waals surface area contributed by atoms with Crippen LogP contribution in [0.5, 0.6) is 0 Å². The van der Waals surface area contributed by atoms with Crippen molar-refractivity contribution >= 4 is 29.1 Å². The van der Waals surface area contributed by atoms with E-state index in [1.165, 1.54) is 4.90 Å². The minimum absolute atomic E-state index is 0.130. The van der Waals surface area contributed by atoms with E-state index in [0.29, 0.717) is 6.42 Å². The van der Waals surface area contributed by atoms with E-state index in [2.05, 4.69) is 23.7 Å². The second kappa shape index (κ2) is 5.98. The minimum Gasteiger partial charge on any atom is -0.302 e. The number of carbonyl (C=O) groups is 2. The van der Waals surface area contributed by atoms with Gasteiger partial charge in [-0.25, -0.2) is 0 Å². The summed E-state index contributed by atoms with van der Waals surface area (Å²) in [6.45, 7) is 7.35. The van der Waals surface area contributed by atoms with E-state index in [4.69, 9.17) is 12.2 Å². The van der Waals surface area contributed by atoms with Crippen molar-refractivity contribution in [1.29, 1.82) is 0 Å². The highest BCUT2D eigenvalue weighted by Crippen LogP contribution is 2.36. The Labute approximate surface area is 119 Å². The van der Waals surface area contributed by atoms with Crippen LogP contribution in [0.2, 0.25) is 0 Å². The van der Waals surface area contributed by atoms with Crippen molar-refractivity contribution in [2.75, 3.05) is 7.05 Å². The number of amides is 2. The highest BCUT2D eigenvalue weighted by Gasteiger charge is 2.54. The number of hydrogen-bond donors (Lipinski definition) is 1. The third-order valence-electron chi connectivity index (χ3n) is 3.32. The Morgan fingerprint density at radius 1 is 1.58 bits per heavy atom. The quantitative estimate of drug-likeness (QED) is 0.368. The number of carbonyl (C=O) groups excluding carboxylic acids is 2. The zero-order valence-corrected chi connectivity index (χ0v) is 12.3. The van der Waals surface area contributed by atoms with Crippen LogP contribution >= 0.6 is 12.2 Å². The molecular formula is C14H18N2O2S. The molecule has 1 fully saturated rings. The van der Waals surface area contributed by atoms with Crippen LogP contribution < -0.4 is 5.32 Å². The van der Waals surface area contributed by atoms with Gasteiger partial charge in [-0.15, -0.1) is 12.5 Å². The Morgan fingerprint density at radius 2 is 2.21 bits per heavy atom. The van der Waals surface area contributed by atoms with Gasteiger partial charge in [0.05, 0.1) is 0 Å². The normalized spacial score (nSPS) is 24.4. The van der Waals surface area contributed by atoms with Crippen LogP contribution in [-0.2, 0) is 9.59 Å². The number of nitrogens with one attached hydrogen (secondary N) is 1. The molecule has 0 aromatic carbocycles. The maximum Gasteiger partial charge on any atom is 0.245 e. The number of nitrogens with zero attached hydrogens (tertiary/aromatic N) is 1. The van der Waals surface area contributed by atoms with Crippen LogP contribution in [-0.4, -0.2) is 28.9 Å². The second-order valence-electron chi connectivity index (χ2n) is 4.48. The predicted molar refractivity (Wildman–Crippen MR) is 78.0 cm³/mol. The first-order valence-electron chi connectivity index (χ1n) is 6.14. The van der Waals surface area contributed by atoms with Crippen LogP contribution in [0.15, 0.2) is 12.7 Å². The first kappa shape index (κ1) is 15.4. The van der Waals surface area contributed by atoms with E-state index < -0.39 is 17.2 Å². The average molecular weight is 278 g/mol. The maximum absolute atomic E-state index is 12.5. The van der Waals surface area contributed by atoms with E-state index >= 15 is 0 Å². The summed E-state index contributed by atoms with van der Waals surface area (Å²) in [6.07, 6.45) is 2.49. The van der Waals surface area contributed by atoms with Crippen LogP contribution in [0, 0.1) is 23.2 Å². The molecular weight excluding hydrogens is 260 g/mol. The first-order chi connectivity index (χ1) is 8.91. The lowest BCUT2D eigenvalue weighted by atomic mass is 9.71. The lowest BCUT2D eigenvalue weighted by molar-refractivity contribution is -0.151. The molecule has 0 aromatic rings. The maximum atomic E-state index is 12.5. The molecule has 1 heterocycles. The zero-order chi connectivity index (χ0) is 14.6. The lowest BCUT2D eigenvalue weighted by Crippen LogP contribution is -2.64. The SMILES string of the molecule is C=CCC1(C(C)C#CCC)C(=O)NC(=S)N(C)C1=O. The van der Waals surface area contributed by atoms with Gasteiger partial charge in [0.25, 0.3) is 0 Å². The fourth-order valence-corrected chi connectivity index (χ4v) is 2.30. The lowest BCUT2D eigenvalue weighted by Gasteiger charge is -2.40.